The number of hydrogen-bond donors (Lipinski definition) is 1. The molecule has 0 bridgehead atoms. The van der Waals surface area contributed by atoms with Crippen LogP contribution in [0, 0.1) is 5.41 Å². The third kappa shape index (κ3) is 3.83. The Morgan fingerprint density at radius 2 is 2.00 bits per heavy atom. The van der Waals surface area contributed by atoms with Gasteiger partial charge in [0, 0.05) is 19.8 Å². The summed E-state index contributed by atoms with van der Waals surface area (Å²) in [6, 6.07) is 2.41. The quantitative estimate of drug-likeness (QED) is 0.918. The molecule has 19 heavy (non-hydrogen) atoms. The van der Waals surface area contributed by atoms with Crippen LogP contribution in [-0.2, 0) is 10.9 Å². The minimum Gasteiger partial charge on any atom is -0.383 e. The van der Waals surface area contributed by atoms with Crippen molar-refractivity contribution in [3.8, 4) is 0 Å². The number of ether oxygens (including phenoxy) is 1. The molecule has 1 N–H and O–H groups in total. The van der Waals surface area contributed by atoms with Crippen molar-refractivity contribution < 1.29 is 17.9 Å². The average molecular weight is 274 g/mol. The maximum atomic E-state index is 12.4. The Balaban J connectivity index is 1.93. The zero-order valence-corrected chi connectivity index (χ0v) is 10.8. The number of rotatable bonds is 3. The fourth-order valence-corrected chi connectivity index (χ4v) is 2.02. The summed E-state index contributed by atoms with van der Waals surface area (Å²) in [6.07, 6.45) is -1.25. The SMILES string of the molecule is CC1(CNc2ccc(C(F)(F)F)nc2)CCOCC1. The molecule has 1 aliphatic rings. The van der Waals surface area contributed by atoms with Gasteiger partial charge in [0.05, 0.1) is 11.9 Å². The van der Waals surface area contributed by atoms with Gasteiger partial charge in [-0.3, -0.25) is 0 Å². The van der Waals surface area contributed by atoms with E-state index < -0.39 is 11.9 Å². The summed E-state index contributed by atoms with van der Waals surface area (Å²) in [7, 11) is 0. The van der Waals surface area contributed by atoms with Gasteiger partial charge in [0.1, 0.15) is 5.69 Å². The van der Waals surface area contributed by atoms with Crippen molar-refractivity contribution in [1.29, 1.82) is 0 Å². The Hall–Kier alpha value is -1.30. The highest BCUT2D eigenvalue weighted by molar-refractivity contribution is 5.41. The summed E-state index contributed by atoms with van der Waals surface area (Å²) >= 11 is 0. The van der Waals surface area contributed by atoms with Crippen molar-refractivity contribution >= 4 is 5.69 Å². The van der Waals surface area contributed by atoms with Gasteiger partial charge in [-0.2, -0.15) is 13.2 Å². The van der Waals surface area contributed by atoms with Crippen molar-refractivity contribution in [3.05, 3.63) is 24.0 Å². The van der Waals surface area contributed by atoms with E-state index in [1.807, 2.05) is 0 Å². The molecule has 3 nitrogen and oxygen atoms in total. The number of aromatic nitrogens is 1. The molecule has 0 atom stereocenters. The lowest BCUT2D eigenvalue weighted by Gasteiger charge is -2.33. The summed E-state index contributed by atoms with van der Waals surface area (Å²) in [5.74, 6) is 0. The predicted molar refractivity (Wildman–Crippen MR) is 65.9 cm³/mol. The van der Waals surface area contributed by atoms with Crippen LogP contribution in [0.4, 0.5) is 18.9 Å². The summed E-state index contributed by atoms with van der Waals surface area (Å²) < 4.78 is 42.4. The minimum atomic E-state index is -4.38. The van der Waals surface area contributed by atoms with Crippen LogP contribution in [-0.4, -0.2) is 24.7 Å². The topological polar surface area (TPSA) is 34.2 Å². The molecule has 0 saturated carbocycles. The fraction of sp³-hybridized carbons (Fsp3) is 0.615. The predicted octanol–water partition coefficient (Wildman–Crippen LogP) is 3.33. The molecular weight excluding hydrogens is 257 g/mol. The van der Waals surface area contributed by atoms with E-state index in [0.717, 1.165) is 32.1 Å². The largest absolute Gasteiger partial charge is 0.433 e. The molecule has 1 aromatic rings. The molecule has 2 heterocycles. The molecule has 2 rings (SSSR count). The summed E-state index contributed by atoms with van der Waals surface area (Å²) in [6.45, 7) is 4.34. The number of halogens is 3. The number of nitrogens with one attached hydrogen (secondary N) is 1. The van der Waals surface area contributed by atoms with Gasteiger partial charge < -0.3 is 10.1 Å². The standard InChI is InChI=1S/C13H17F3N2O/c1-12(4-6-19-7-5-12)9-18-10-2-3-11(17-8-10)13(14,15)16/h2-3,8,18H,4-7,9H2,1H3. The van der Waals surface area contributed by atoms with E-state index in [1.165, 1.54) is 12.3 Å². The second-order valence-electron chi connectivity index (χ2n) is 5.21. The molecule has 6 heteroatoms. The van der Waals surface area contributed by atoms with Gasteiger partial charge in [0.25, 0.3) is 0 Å². The highest BCUT2D eigenvalue weighted by atomic mass is 19.4. The van der Waals surface area contributed by atoms with Crippen molar-refractivity contribution in [3.63, 3.8) is 0 Å². The lowest BCUT2D eigenvalue weighted by Crippen LogP contribution is -2.33. The van der Waals surface area contributed by atoms with Crippen LogP contribution < -0.4 is 5.32 Å². The molecule has 0 radical (unpaired) electrons. The van der Waals surface area contributed by atoms with E-state index in [2.05, 4.69) is 17.2 Å². The Labute approximate surface area is 110 Å². The van der Waals surface area contributed by atoms with Gasteiger partial charge >= 0.3 is 6.18 Å². The first kappa shape index (κ1) is 14.1. The van der Waals surface area contributed by atoms with Crippen molar-refractivity contribution in [2.45, 2.75) is 25.9 Å². The van der Waals surface area contributed by atoms with Crippen LogP contribution in [0.2, 0.25) is 0 Å². The molecule has 0 amide bonds. The van der Waals surface area contributed by atoms with Crippen molar-refractivity contribution in [2.24, 2.45) is 5.41 Å². The molecule has 106 valence electrons. The molecule has 0 aromatic carbocycles. The van der Waals surface area contributed by atoms with Gasteiger partial charge in [-0.15, -0.1) is 0 Å². The minimum absolute atomic E-state index is 0.126. The Morgan fingerprint density at radius 3 is 2.53 bits per heavy atom. The second kappa shape index (κ2) is 5.36. The zero-order chi connectivity index (χ0) is 13.9. The first-order valence-electron chi connectivity index (χ1n) is 6.24. The van der Waals surface area contributed by atoms with Crippen LogP contribution in [0.25, 0.3) is 0 Å². The van der Waals surface area contributed by atoms with Gasteiger partial charge in [-0.05, 0) is 30.4 Å². The number of nitrogens with zero attached hydrogens (tertiary/aromatic N) is 1. The van der Waals surface area contributed by atoms with Gasteiger partial charge in [0.2, 0.25) is 0 Å². The van der Waals surface area contributed by atoms with Crippen LogP contribution in [0.15, 0.2) is 18.3 Å². The Bertz CT molecular complexity index is 411. The number of alkyl halides is 3. The third-order valence-corrected chi connectivity index (χ3v) is 3.47. The smallest absolute Gasteiger partial charge is 0.383 e. The Morgan fingerprint density at radius 1 is 1.32 bits per heavy atom. The molecule has 0 unspecified atom stereocenters. The fourth-order valence-electron chi connectivity index (χ4n) is 2.02. The van der Waals surface area contributed by atoms with Crippen LogP contribution in [0.5, 0.6) is 0 Å². The highest BCUT2D eigenvalue weighted by Crippen LogP contribution is 2.31. The second-order valence-corrected chi connectivity index (χ2v) is 5.21. The van der Waals surface area contributed by atoms with E-state index >= 15 is 0 Å². The molecule has 1 aliphatic heterocycles. The monoisotopic (exact) mass is 274 g/mol. The summed E-state index contributed by atoms with van der Waals surface area (Å²) in [5.41, 5.74) is -0.128. The number of anilines is 1. The van der Waals surface area contributed by atoms with Gasteiger partial charge in [0.15, 0.2) is 0 Å². The van der Waals surface area contributed by atoms with Gasteiger partial charge in [-0.25, -0.2) is 4.98 Å². The van der Waals surface area contributed by atoms with Crippen LogP contribution in [0.1, 0.15) is 25.5 Å². The Kier molecular flexibility index (Phi) is 3.99. The third-order valence-electron chi connectivity index (χ3n) is 3.47. The van der Waals surface area contributed by atoms with E-state index in [0.29, 0.717) is 12.2 Å². The first-order valence-corrected chi connectivity index (χ1v) is 6.24. The zero-order valence-electron chi connectivity index (χ0n) is 10.8. The van der Waals surface area contributed by atoms with Crippen LogP contribution in [0.3, 0.4) is 0 Å². The molecule has 0 aliphatic carbocycles. The van der Waals surface area contributed by atoms with Crippen molar-refractivity contribution in [2.75, 3.05) is 25.1 Å². The van der Waals surface area contributed by atoms with Gasteiger partial charge in [-0.1, -0.05) is 6.92 Å². The van der Waals surface area contributed by atoms with E-state index in [-0.39, 0.29) is 5.41 Å². The normalized spacial score (nSPS) is 19.2. The van der Waals surface area contributed by atoms with E-state index in [4.69, 9.17) is 4.74 Å². The number of pyridine rings is 1. The molecular formula is C13H17F3N2O. The summed E-state index contributed by atoms with van der Waals surface area (Å²) in [4.78, 5) is 3.42. The first-order chi connectivity index (χ1) is 8.89. The molecule has 1 saturated heterocycles. The average Bonchev–Trinajstić information content (AvgIpc) is 2.37. The van der Waals surface area contributed by atoms with E-state index in [1.54, 1.807) is 0 Å². The molecule has 1 fully saturated rings. The lowest BCUT2D eigenvalue weighted by molar-refractivity contribution is -0.141. The highest BCUT2D eigenvalue weighted by Gasteiger charge is 2.32. The lowest BCUT2D eigenvalue weighted by atomic mass is 9.82. The van der Waals surface area contributed by atoms with Crippen LogP contribution >= 0.6 is 0 Å². The maximum absolute atomic E-state index is 12.4. The molecule has 1 aromatic heterocycles. The maximum Gasteiger partial charge on any atom is 0.433 e. The van der Waals surface area contributed by atoms with Crippen molar-refractivity contribution in [1.82, 2.24) is 4.98 Å². The summed E-state index contributed by atoms with van der Waals surface area (Å²) in [5, 5.41) is 3.15. The number of hydrogen-bond acceptors (Lipinski definition) is 3. The van der Waals surface area contributed by atoms with E-state index in [9.17, 15) is 13.2 Å². The molecule has 0 spiro atoms.